The number of carbonyl (C=O) groups is 3. The number of benzene rings is 1. The topological polar surface area (TPSA) is 93.7 Å². The Bertz CT molecular complexity index is 623. The maximum atomic E-state index is 11.9. The van der Waals surface area contributed by atoms with Gasteiger partial charge >= 0.3 is 5.97 Å². The molecule has 7 nitrogen and oxygen atoms in total. The maximum Gasteiger partial charge on any atom is 0.335 e. The summed E-state index contributed by atoms with van der Waals surface area (Å²) >= 11 is 0. The van der Waals surface area contributed by atoms with Crippen molar-refractivity contribution >= 4 is 23.5 Å². The van der Waals surface area contributed by atoms with Crippen LogP contribution in [-0.2, 0) is 23.9 Å². The number of nitrogens with one attached hydrogen (secondary N) is 2. The lowest BCUT2D eigenvalue weighted by Crippen LogP contribution is -2.36. The molecule has 1 aliphatic heterocycles. The molecule has 2 rings (SSSR count). The van der Waals surface area contributed by atoms with Gasteiger partial charge in [-0.3, -0.25) is 9.59 Å². The summed E-state index contributed by atoms with van der Waals surface area (Å²) in [6.45, 7) is 3.78. The van der Waals surface area contributed by atoms with Crippen molar-refractivity contribution in [2.24, 2.45) is 0 Å². The van der Waals surface area contributed by atoms with Gasteiger partial charge in [0, 0.05) is 12.3 Å². The van der Waals surface area contributed by atoms with E-state index in [1.807, 2.05) is 26.0 Å². The van der Waals surface area contributed by atoms with Crippen molar-refractivity contribution in [2.75, 3.05) is 25.1 Å². The standard InChI is InChI=1S/C17H22N2O5/c1-11-5-3-6-13(12(11)2)19-15(20)9-18-16(21)10-24-17(22)14-7-4-8-23-14/h3,5-6,14H,4,7-10H2,1-2H3,(H,18,21)(H,19,20)/t14-/m1/s1. The Labute approximate surface area is 140 Å². The highest BCUT2D eigenvalue weighted by Gasteiger charge is 2.25. The van der Waals surface area contributed by atoms with Gasteiger partial charge in [0.05, 0.1) is 6.54 Å². The minimum atomic E-state index is -0.578. The molecule has 0 bridgehead atoms. The van der Waals surface area contributed by atoms with Crippen molar-refractivity contribution in [2.45, 2.75) is 32.8 Å². The monoisotopic (exact) mass is 334 g/mol. The van der Waals surface area contributed by atoms with Crippen LogP contribution in [0.3, 0.4) is 0 Å². The van der Waals surface area contributed by atoms with Gasteiger partial charge in [-0.2, -0.15) is 0 Å². The van der Waals surface area contributed by atoms with Crippen molar-refractivity contribution < 1.29 is 23.9 Å². The summed E-state index contributed by atoms with van der Waals surface area (Å²) < 4.78 is 10.0. The molecule has 0 radical (unpaired) electrons. The second kappa shape index (κ2) is 8.44. The first-order chi connectivity index (χ1) is 11.5. The second-order valence-electron chi connectivity index (χ2n) is 5.68. The van der Waals surface area contributed by atoms with E-state index in [0.29, 0.717) is 18.7 Å². The molecule has 0 saturated carbocycles. The number of rotatable bonds is 6. The zero-order valence-electron chi connectivity index (χ0n) is 13.9. The molecule has 1 aromatic rings. The highest BCUT2D eigenvalue weighted by atomic mass is 16.6. The van der Waals surface area contributed by atoms with Crippen LogP contribution in [0.15, 0.2) is 18.2 Å². The highest BCUT2D eigenvalue weighted by Crippen LogP contribution is 2.17. The maximum absolute atomic E-state index is 11.9. The highest BCUT2D eigenvalue weighted by molar-refractivity contribution is 5.95. The van der Waals surface area contributed by atoms with Crippen LogP contribution < -0.4 is 10.6 Å². The van der Waals surface area contributed by atoms with Gasteiger partial charge in [0.15, 0.2) is 12.7 Å². The van der Waals surface area contributed by atoms with Crippen LogP contribution >= 0.6 is 0 Å². The molecule has 24 heavy (non-hydrogen) atoms. The quantitative estimate of drug-likeness (QED) is 0.759. The average Bonchev–Trinajstić information content (AvgIpc) is 3.09. The lowest BCUT2D eigenvalue weighted by molar-refractivity contribution is -0.157. The molecule has 1 aliphatic rings. The van der Waals surface area contributed by atoms with Gasteiger partial charge in [-0.1, -0.05) is 12.1 Å². The molecular weight excluding hydrogens is 312 g/mol. The summed E-state index contributed by atoms with van der Waals surface area (Å²) in [5.74, 6) is -1.41. The summed E-state index contributed by atoms with van der Waals surface area (Å²) in [5, 5.41) is 5.15. The summed E-state index contributed by atoms with van der Waals surface area (Å²) in [7, 11) is 0. The van der Waals surface area contributed by atoms with E-state index in [1.165, 1.54) is 0 Å². The Morgan fingerprint density at radius 1 is 1.25 bits per heavy atom. The van der Waals surface area contributed by atoms with Gasteiger partial charge in [-0.05, 0) is 43.9 Å². The predicted molar refractivity (Wildman–Crippen MR) is 87.5 cm³/mol. The first-order valence-corrected chi connectivity index (χ1v) is 7.88. The Balaban J connectivity index is 1.70. The van der Waals surface area contributed by atoms with E-state index in [4.69, 9.17) is 9.47 Å². The minimum Gasteiger partial charge on any atom is -0.454 e. The number of amides is 2. The molecular formula is C17H22N2O5. The molecule has 1 fully saturated rings. The number of anilines is 1. The van der Waals surface area contributed by atoms with Gasteiger partial charge in [0.1, 0.15) is 0 Å². The normalized spacial score (nSPS) is 16.5. The molecule has 1 aromatic carbocycles. The lowest BCUT2D eigenvalue weighted by atomic mass is 10.1. The van der Waals surface area contributed by atoms with E-state index in [2.05, 4.69) is 10.6 Å². The molecule has 0 aromatic heterocycles. The van der Waals surface area contributed by atoms with E-state index in [9.17, 15) is 14.4 Å². The minimum absolute atomic E-state index is 0.191. The third-order valence-corrected chi connectivity index (χ3v) is 3.86. The van der Waals surface area contributed by atoms with Gasteiger partial charge in [-0.15, -0.1) is 0 Å². The van der Waals surface area contributed by atoms with Crippen LogP contribution in [0.4, 0.5) is 5.69 Å². The number of aryl methyl sites for hydroxylation is 1. The fourth-order valence-corrected chi connectivity index (χ4v) is 2.30. The van der Waals surface area contributed by atoms with Crippen LogP contribution in [0.2, 0.25) is 0 Å². The molecule has 1 atom stereocenters. The Morgan fingerprint density at radius 2 is 2.04 bits per heavy atom. The Kier molecular flexibility index (Phi) is 6.31. The zero-order valence-corrected chi connectivity index (χ0v) is 13.9. The fourth-order valence-electron chi connectivity index (χ4n) is 2.30. The fraction of sp³-hybridized carbons (Fsp3) is 0.471. The molecule has 2 amide bonds. The third kappa shape index (κ3) is 5.06. The molecule has 0 unspecified atom stereocenters. The number of carbonyl (C=O) groups excluding carboxylic acids is 3. The van der Waals surface area contributed by atoms with E-state index >= 15 is 0 Å². The smallest absolute Gasteiger partial charge is 0.335 e. The van der Waals surface area contributed by atoms with E-state index < -0.39 is 24.6 Å². The predicted octanol–water partition coefficient (Wildman–Crippen LogP) is 1.08. The number of hydrogen-bond donors (Lipinski definition) is 2. The van der Waals surface area contributed by atoms with Crippen LogP contribution in [0.5, 0.6) is 0 Å². The summed E-state index contributed by atoms with van der Waals surface area (Å²) in [6.07, 6.45) is 0.842. The second-order valence-corrected chi connectivity index (χ2v) is 5.68. The number of ether oxygens (including phenoxy) is 2. The summed E-state index contributed by atoms with van der Waals surface area (Å²) in [4.78, 5) is 35.1. The molecule has 1 saturated heterocycles. The van der Waals surface area contributed by atoms with Crippen LogP contribution in [0.1, 0.15) is 24.0 Å². The first kappa shape index (κ1) is 17.9. The van der Waals surface area contributed by atoms with Crippen molar-refractivity contribution in [1.82, 2.24) is 5.32 Å². The number of hydrogen-bond acceptors (Lipinski definition) is 5. The molecule has 7 heteroatoms. The Hall–Kier alpha value is -2.41. The van der Waals surface area contributed by atoms with Crippen molar-refractivity contribution in [3.8, 4) is 0 Å². The van der Waals surface area contributed by atoms with Crippen molar-refractivity contribution in [3.05, 3.63) is 29.3 Å². The van der Waals surface area contributed by atoms with Gasteiger partial charge in [0.2, 0.25) is 5.91 Å². The van der Waals surface area contributed by atoms with Gasteiger partial charge in [0.25, 0.3) is 5.91 Å². The van der Waals surface area contributed by atoms with Gasteiger partial charge < -0.3 is 20.1 Å². The SMILES string of the molecule is Cc1cccc(NC(=O)CNC(=O)COC(=O)[C@H]2CCCO2)c1C. The summed E-state index contributed by atoms with van der Waals surface area (Å²) in [5.41, 5.74) is 2.75. The number of esters is 1. The molecule has 0 aliphatic carbocycles. The van der Waals surface area contributed by atoms with E-state index in [0.717, 1.165) is 17.5 Å². The van der Waals surface area contributed by atoms with Crippen LogP contribution in [-0.4, -0.2) is 43.6 Å². The Morgan fingerprint density at radius 3 is 2.75 bits per heavy atom. The zero-order chi connectivity index (χ0) is 17.5. The average molecular weight is 334 g/mol. The largest absolute Gasteiger partial charge is 0.454 e. The molecule has 0 spiro atoms. The molecule has 130 valence electrons. The van der Waals surface area contributed by atoms with Crippen LogP contribution in [0, 0.1) is 13.8 Å². The summed E-state index contributed by atoms with van der Waals surface area (Å²) in [6, 6.07) is 5.60. The third-order valence-electron chi connectivity index (χ3n) is 3.86. The molecule has 2 N–H and O–H groups in total. The van der Waals surface area contributed by atoms with E-state index in [-0.39, 0.29) is 12.5 Å². The molecule has 1 heterocycles. The van der Waals surface area contributed by atoms with Crippen molar-refractivity contribution in [1.29, 1.82) is 0 Å². The lowest BCUT2D eigenvalue weighted by Gasteiger charge is -2.12. The first-order valence-electron chi connectivity index (χ1n) is 7.88. The van der Waals surface area contributed by atoms with Gasteiger partial charge in [-0.25, -0.2) is 4.79 Å². The van der Waals surface area contributed by atoms with Crippen LogP contribution in [0.25, 0.3) is 0 Å². The van der Waals surface area contributed by atoms with Crippen molar-refractivity contribution in [3.63, 3.8) is 0 Å². The van der Waals surface area contributed by atoms with E-state index in [1.54, 1.807) is 6.07 Å².